The zero-order valence-electron chi connectivity index (χ0n) is 20.0. The fourth-order valence-electron chi connectivity index (χ4n) is 4.13. The molecule has 0 radical (unpaired) electrons. The zero-order valence-corrected chi connectivity index (χ0v) is 21.6. The first kappa shape index (κ1) is 27.1. The van der Waals surface area contributed by atoms with Gasteiger partial charge in [-0.05, 0) is 48.4 Å². The fraction of sp³-hybridized carbons (Fsp3) is 0.440. The Morgan fingerprint density at radius 1 is 1.06 bits per heavy atom. The van der Waals surface area contributed by atoms with Gasteiger partial charge in [0.05, 0.1) is 0 Å². The van der Waals surface area contributed by atoms with Crippen molar-refractivity contribution in [2.45, 2.75) is 58.3 Å². The lowest BCUT2D eigenvalue weighted by Gasteiger charge is -2.29. The summed E-state index contributed by atoms with van der Waals surface area (Å²) in [6.07, 6.45) is 1.52. The molecule has 1 aliphatic heterocycles. The number of likely N-dealkylation sites (tertiary alicyclic amines) is 1. The van der Waals surface area contributed by atoms with Gasteiger partial charge < -0.3 is 10.2 Å². The highest BCUT2D eigenvalue weighted by Crippen LogP contribution is 2.21. The number of rotatable bonds is 11. The molecule has 3 rings (SSSR count). The van der Waals surface area contributed by atoms with E-state index < -0.39 is 22.3 Å². The molecular formula is C25H33ClN4O4S. The Morgan fingerprint density at radius 2 is 1.77 bits per heavy atom. The summed E-state index contributed by atoms with van der Waals surface area (Å²) in [5.74, 6) is -0.577. The molecule has 2 atom stereocenters. The van der Waals surface area contributed by atoms with Gasteiger partial charge in [0.2, 0.25) is 11.8 Å². The number of hydrogen-bond donors (Lipinski definition) is 3. The first-order chi connectivity index (χ1) is 16.6. The molecule has 0 saturated carbocycles. The summed E-state index contributed by atoms with van der Waals surface area (Å²) in [5.41, 5.74) is 1.66. The van der Waals surface area contributed by atoms with Crippen molar-refractivity contribution in [1.82, 2.24) is 19.7 Å². The van der Waals surface area contributed by atoms with Gasteiger partial charge in [-0.25, -0.2) is 0 Å². The second-order valence-electron chi connectivity index (χ2n) is 9.15. The number of nitrogens with one attached hydrogen (secondary N) is 3. The Labute approximate surface area is 212 Å². The van der Waals surface area contributed by atoms with Crippen LogP contribution < -0.4 is 14.8 Å². The van der Waals surface area contributed by atoms with E-state index in [1.54, 1.807) is 12.1 Å². The van der Waals surface area contributed by atoms with Gasteiger partial charge in [0.25, 0.3) is 10.2 Å². The van der Waals surface area contributed by atoms with Gasteiger partial charge in [0.15, 0.2) is 0 Å². The SMILES string of the molecule is CC(C)C[C@H](NS(=O)(=O)NCc1ccccc1)C(=O)N1CCC[C@H]1C(=O)NCc1cccc(Cl)c1. The molecule has 0 spiro atoms. The minimum atomic E-state index is -3.95. The first-order valence-corrected chi connectivity index (χ1v) is 13.6. The Hall–Kier alpha value is -2.46. The van der Waals surface area contributed by atoms with Gasteiger partial charge in [-0.1, -0.05) is 67.9 Å². The lowest BCUT2D eigenvalue weighted by molar-refractivity contribution is -0.140. The molecule has 1 heterocycles. The van der Waals surface area contributed by atoms with Crippen molar-refractivity contribution in [3.05, 3.63) is 70.7 Å². The number of amides is 2. The number of nitrogens with zero attached hydrogens (tertiary/aromatic N) is 1. The minimum absolute atomic E-state index is 0.0680. The summed E-state index contributed by atoms with van der Waals surface area (Å²) in [4.78, 5) is 27.9. The predicted molar refractivity (Wildman–Crippen MR) is 137 cm³/mol. The van der Waals surface area contributed by atoms with Crippen LogP contribution in [0, 0.1) is 5.92 Å². The molecule has 2 amide bonds. The van der Waals surface area contributed by atoms with Gasteiger partial charge in [0.1, 0.15) is 12.1 Å². The van der Waals surface area contributed by atoms with E-state index in [2.05, 4.69) is 14.8 Å². The van der Waals surface area contributed by atoms with Crippen LogP contribution in [-0.2, 0) is 32.9 Å². The van der Waals surface area contributed by atoms with Crippen LogP contribution in [0.3, 0.4) is 0 Å². The molecule has 0 aromatic heterocycles. The average Bonchev–Trinajstić information content (AvgIpc) is 3.31. The predicted octanol–water partition coefficient (Wildman–Crippen LogP) is 2.99. The molecule has 190 valence electrons. The molecule has 1 fully saturated rings. The van der Waals surface area contributed by atoms with Crippen LogP contribution in [0.5, 0.6) is 0 Å². The van der Waals surface area contributed by atoms with E-state index in [0.29, 0.717) is 37.4 Å². The summed E-state index contributed by atoms with van der Waals surface area (Å²) in [7, 11) is -3.95. The Morgan fingerprint density at radius 3 is 2.46 bits per heavy atom. The molecular weight excluding hydrogens is 488 g/mol. The van der Waals surface area contributed by atoms with Gasteiger partial charge in [-0.15, -0.1) is 0 Å². The van der Waals surface area contributed by atoms with E-state index in [1.165, 1.54) is 4.90 Å². The van der Waals surface area contributed by atoms with Crippen LogP contribution in [0.15, 0.2) is 54.6 Å². The van der Waals surface area contributed by atoms with E-state index in [0.717, 1.165) is 11.1 Å². The summed E-state index contributed by atoms with van der Waals surface area (Å²) in [5, 5.41) is 3.46. The van der Waals surface area contributed by atoms with Crippen LogP contribution in [0.2, 0.25) is 5.02 Å². The second kappa shape index (κ2) is 12.5. The van der Waals surface area contributed by atoms with Gasteiger partial charge in [-0.3, -0.25) is 9.59 Å². The maximum absolute atomic E-state index is 13.4. The molecule has 35 heavy (non-hydrogen) atoms. The number of halogens is 1. The number of carbonyl (C=O) groups is 2. The summed E-state index contributed by atoms with van der Waals surface area (Å²) in [6, 6.07) is 14.7. The Bertz CT molecular complexity index is 1110. The van der Waals surface area contributed by atoms with Crippen molar-refractivity contribution < 1.29 is 18.0 Å². The highest BCUT2D eigenvalue weighted by Gasteiger charge is 2.38. The zero-order chi connectivity index (χ0) is 25.4. The van der Waals surface area contributed by atoms with Gasteiger partial charge in [0, 0.05) is 24.7 Å². The van der Waals surface area contributed by atoms with Crippen molar-refractivity contribution in [1.29, 1.82) is 0 Å². The molecule has 0 unspecified atom stereocenters. The molecule has 8 nitrogen and oxygen atoms in total. The third-order valence-electron chi connectivity index (χ3n) is 5.81. The summed E-state index contributed by atoms with van der Waals surface area (Å²) >= 11 is 6.01. The molecule has 1 saturated heterocycles. The van der Waals surface area contributed by atoms with Crippen molar-refractivity contribution >= 4 is 33.6 Å². The highest BCUT2D eigenvalue weighted by molar-refractivity contribution is 7.87. The molecule has 3 N–H and O–H groups in total. The topological polar surface area (TPSA) is 108 Å². The molecule has 1 aliphatic rings. The third-order valence-corrected chi connectivity index (χ3v) is 7.16. The highest BCUT2D eigenvalue weighted by atomic mass is 35.5. The number of carbonyl (C=O) groups excluding carboxylic acids is 2. The molecule has 10 heteroatoms. The van der Waals surface area contributed by atoms with Crippen molar-refractivity contribution in [2.75, 3.05) is 6.54 Å². The summed E-state index contributed by atoms with van der Waals surface area (Å²) < 4.78 is 30.5. The average molecular weight is 521 g/mol. The van der Waals surface area contributed by atoms with Gasteiger partial charge in [-0.2, -0.15) is 17.9 Å². The second-order valence-corrected chi connectivity index (χ2v) is 11.1. The standard InChI is InChI=1S/C25H33ClN4O4S/c1-18(2)14-22(29-35(33,34)28-17-19-8-4-3-5-9-19)25(32)30-13-7-12-23(30)24(31)27-16-20-10-6-11-21(26)15-20/h3-6,8-11,15,18,22-23,28-29H,7,12-14,16-17H2,1-2H3,(H,27,31)/t22-,23-/m0/s1. The minimum Gasteiger partial charge on any atom is -0.350 e. The lowest BCUT2D eigenvalue weighted by atomic mass is 10.0. The Kier molecular flexibility index (Phi) is 9.68. The van der Waals surface area contributed by atoms with E-state index >= 15 is 0 Å². The fourth-order valence-corrected chi connectivity index (χ4v) is 5.36. The van der Waals surface area contributed by atoms with E-state index in [-0.39, 0.29) is 24.3 Å². The van der Waals surface area contributed by atoms with Gasteiger partial charge >= 0.3 is 0 Å². The number of benzene rings is 2. The molecule has 2 aromatic rings. The van der Waals surface area contributed by atoms with Crippen LogP contribution in [0.25, 0.3) is 0 Å². The Balaban J connectivity index is 1.65. The van der Waals surface area contributed by atoms with Crippen molar-refractivity contribution in [3.8, 4) is 0 Å². The lowest BCUT2D eigenvalue weighted by Crippen LogP contribution is -2.55. The molecule has 0 bridgehead atoms. The maximum Gasteiger partial charge on any atom is 0.277 e. The van der Waals surface area contributed by atoms with Crippen molar-refractivity contribution in [2.24, 2.45) is 5.92 Å². The smallest absolute Gasteiger partial charge is 0.277 e. The summed E-state index contributed by atoms with van der Waals surface area (Å²) in [6.45, 7) is 4.65. The van der Waals surface area contributed by atoms with Crippen LogP contribution in [0.1, 0.15) is 44.2 Å². The normalized spacial score (nSPS) is 16.9. The van der Waals surface area contributed by atoms with E-state index in [9.17, 15) is 18.0 Å². The monoisotopic (exact) mass is 520 g/mol. The van der Waals surface area contributed by atoms with Crippen LogP contribution in [-0.4, -0.2) is 43.8 Å². The quantitative estimate of drug-likeness (QED) is 0.423. The largest absolute Gasteiger partial charge is 0.350 e. The van der Waals surface area contributed by atoms with E-state index in [4.69, 9.17) is 11.6 Å². The van der Waals surface area contributed by atoms with Crippen LogP contribution in [0.4, 0.5) is 0 Å². The first-order valence-electron chi connectivity index (χ1n) is 11.8. The molecule has 2 aromatic carbocycles. The van der Waals surface area contributed by atoms with Crippen molar-refractivity contribution in [3.63, 3.8) is 0 Å². The third kappa shape index (κ3) is 8.31. The van der Waals surface area contributed by atoms with Crippen LogP contribution >= 0.6 is 11.6 Å². The maximum atomic E-state index is 13.4. The molecule has 0 aliphatic carbocycles. The van der Waals surface area contributed by atoms with E-state index in [1.807, 2.05) is 56.3 Å². The number of hydrogen-bond acceptors (Lipinski definition) is 4.